The van der Waals surface area contributed by atoms with Crippen LogP contribution in [-0.2, 0) is 27.5 Å². The average Bonchev–Trinajstić information content (AvgIpc) is 2.92. The summed E-state index contributed by atoms with van der Waals surface area (Å²) < 4.78 is 5.36. The number of hydrogen-bond acceptors (Lipinski definition) is 4. The number of rotatable bonds is 8. The van der Waals surface area contributed by atoms with Crippen molar-refractivity contribution in [2.45, 2.75) is 27.0 Å². The minimum absolute atomic E-state index is 0.0364. The van der Waals surface area contributed by atoms with Gasteiger partial charge in [-0.15, -0.1) is 0 Å². The van der Waals surface area contributed by atoms with Crippen molar-refractivity contribution >= 4 is 11.8 Å². The van der Waals surface area contributed by atoms with E-state index in [0.717, 1.165) is 17.7 Å². The van der Waals surface area contributed by atoms with Gasteiger partial charge in [0, 0.05) is 26.2 Å². The molecule has 24 heavy (non-hydrogen) atoms. The highest BCUT2D eigenvalue weighted by molar-refractivity contribution is 5.79. The highest BCUT2D eigenvalue weighted by Gasteiger charge is 2.33. The zero-order chi connectivity index (χ0) is 17.5. The molecule has 0 unspecified atom stereocenters. The van der Waals surface area contributed by atoms with Gasteiger partial charge in [0.15, 0.2) is 0 Å². The smallest absolute Gasteiger partial charge is 0.234 e. The van der Waals surface area contributed by atoms with Gasteiger partial charge in [-0.3, -0.25) is 14.5 Å². The summed E-state index contributed by atoms with van der Waals surface area (Å²) in [7, 11) is 0. The van der Waals surface area contributed by atoms with Crippen LogP contribution in [0.1, 0.15) is 25.0 Å². The van der Waals surface area contributed by atoms with E-state index in [4.69, 9.17) is 10.5 Å². The molecule has 0 saturated carbocycles. The molecule has 0 aromatic heterocycles. The molecule has 6 heteroatoms. The van der Waals surface area contributed by atoms with Crippen LogP contribution in [0.15, 0.2) is 24.3 Å². The predicted octanol–water partition coefficient (Wildman–Crippen LogP) is 0.893. The fourth-order valence-electron chi connectivity index (χ4n) is 3.00. The van der Waals surface area contributed by atoms with Crippen molar-refractivity contribution < 1.29 is 14.3 Å². The number of nitrogens with one attached hydrogen (secondary N) is 1. The van der Waals surface area contributed by atoms with Crippen LogP contribution >= 0.6 is 0 Å². The van der Waals surface area contributed by atoms with Gasteiger partial charge in [0.1, 0.15) is 0 Å². The van der Waals surface area contributed by atoms with Gasteiger partial charge in [0.2, 0.25) is 11.8 Å². The van der Waals surface area contributed by atoms with Gasteiger partial charge in [-0.25, -0.2) is 0 Å². The maximum atomic E-state index is 12.1. The Balaban J connectivity index is 1.74. The molecule has 2 rings (SSSR count). The van der Waals surface area contributed by atoms with Crippen molar-refractivity contribution in [3.05, 3.63) is 35.4 Å². The zero-order valence-corrected chi connectivity index (χ0v) is 14.5. The molecule has 0 aliphatic carbocycles. The number of carbonyl (C=O) groups excluding carboxylic acids is 2. The molecule has 2 atom stereocenters. The molecular formula is C18H27N3O3. The summed E-state index contributed by atoms with van der Waals surface area (Å²) in [6, 6.07) is 8.01. The Labute approximate surface area is 143 Å². The van der Waals surface area contributed by atoms with E-state index in [1.54, 1.807) is 0 Å². The van der Waals surface area contributed by atoms with Crippen molar-refractivity contribution in [3.63, 3.8) is 0 Å². The minimum Gasteiger partial charge on any atom is -0.377 e. The Morgan fingerprint density at radius 3 is 2.50 bits per heavy atom. The molecule has 1 heterocycles. The van der Waals surface area contributed by atoms with Gasteiger partial charge in [-0.05, 0) is 24.0 Å². The lowest BCUT2D eigenvalue weighted by Crippen LogP contribution is -2.36. The van der Waals surface area contributed by atoms with Crippen molar-refractivity contribution in [1.82, 2.24) is 10.2 Å². The molecule has 0 spiro atoms. The van der Waals surface area contributed by atoms with E-state index in [1.807, 2.05) is 43.0 Å². The lowest BCUT2D eigenvalue weighted by atomic mass is 9.98. The first-order chi connectivity index (χ1) is 11.5. The number of benzene rings is 1. The maximum Gasteiger partial charge on any atom is 0.234 e. The molecule has 3 N–H and O–H groups in total. The number of hydrogen-bond donors (Lipinski definition) is 2. The largest absolute Gasteiger partial charge is 0.377 e. The summed E-state index contributed by atoms with van der Waals surface area (Å²) in [5.74, 6) is -0.271. The standard InChI is InChI=1S/C18H27N3O3/c1-3-24-12-15-6-4-14(5-7-15)8-20-17(22)11-21-9-13(2)16(10-21)18(19)23/h4-7,13,16H,3,8-12H2,1-2H3,(H2,19,23)(H,20,22)/t13-,16-/m1/s1. The second-order valence-electron chi connectivity index (χ2n) is 6.41. The Morgan fingerprint density at radius 2 is 1.92 bits per heavy atom. The molecule has 132 valence electrons. The molecule has 1 aromatic carbocycles. The monoisotopic (exact) mass is 333 g/mol. The summed E-state index contributed by atoms with van der Waals surface area (Å²) in [6.07, 6.45) is 0. The Kier molecular flexibility index (Phi) is 6.75. The summed E-state index contributed by atoms with van der Waals surface area (Å²) in [5.41, 5.74) is 7.55. The first-order valence-electron chi connectivity index (χ1n) is 8.43. The summed E-state index contributed by atoms with van der Waals surface area (Å²) >= 11 is 0. The van der Waals surface area contributed by atoms with E-state index in [0.29, 0.717) is 32.8 Å². The Bertz CT molecular complexity index is 559. The number of nitrogens with two attached hydrogens (primary N) is 1. The van der Waals surface area contributed by atoms with Crippen molar-refractivity contribution in [1.29, 1.82) is 0 Å². The van der Waals surface area contributed by atoms with E-state index >= 15 is 0 Å². The van der Waals surface area contributed by atoms with Crippen LogP contribution in [0.25, 0.3) is 0 Å². The molecule has 0 radical (unpaired) electrons. The van der Waals surface area contributed by atoms with Crippen LogP contribution < -0.4 is 11.1 Å². The number of ether oxygens (including phenoxy) is 1. The van der Waals surface area contributed by atoms with Crippen LogP contribution in [-0.4, -0.2) is 43.0 Å². The number of primary amides is 1. The normalized spacial score (nSPS) is 20.9. The third kappa shape index (κ3) is 5.32. The number of amides is 2. The molecule has 1 fully saturated rings. The quantitative estimate of drug-likeness (QED) is 0.740. The molecule has 1 aromatic rings. The number of carbonyl (C=O) groups is 2. The van der Waals surface area contributed by atoms with E-state index < -0.39 is 0 Å². The van der Waals surface area contributed by atoms with E-state index in [-0.39, 0.29) is 23.7 Å². The van der Waals surface area contributed by atoms with Gasteiger partial charge in [0.05, 0.1) is 19.1 Å². The van der Waals surface area contributed by atoms with Crippen molar-refractivity contribution in [3.8, 4) is 0 Å². The average molecular weight is 333 g/mol. The first-order valence-corrected chi connectivity index (χ1v) is 8.43. The predicted molar refractivity (Wildman–Crippen MR) is 91.9 cm³/mol. The third-order valence-electron chi connectivity index (χ3n) is 4.41. The Morgan fingerprint density at radius 1 is 1.25 bits per heavy atom. The first kappa shape index (κ1) is 18.4. The van der Waals surface area contributed by atoms with E-state index in [2.05, 4.69) is 5.32 Å². The highest BCUT2D eigenvalue weighted by atomic mass is 16.5. The lowest BCUT2D eigenvalue weighted by molar-refractivity contribution is -0.124. The molecular weight excluding hydrogens is 306 g/mol. The van der Waals surface area contributed by atoms with Crippen LogP contribution in [0.5, 0.6) is 0 Å². The van der Waals surface area contributed by atoms with E-state index in [1.165, 1.54) is 0 Å². The molecule has 1 aliphatic rings. The van der Waals surface area contributed by atoms with Crippen LogP contribution in [0.4, 0.5) is 0 Å². The van der Waals surface area contributed by atoms with Gasteiger partial charge in [-0.1, -0.05) is 31.2 Å². The SMILES string of the molecule is CCOCc1ccc(CNC(=O)CN2C[C@@H](C)[C@H](C(N)=O)C2)cc1. The maximum absolute atomic E-state index is 12.1. The molecule has 0 bridgehead atoms. The topological polar surface area (TPSA) is 84.7 Å². The van der Waals surface area contributed by atoms with Gasteiger partial charge in [0.25, 0.3) is 0 Å². The summed E-state index contributed by atoms with van der Waals surface area (Å²) in [5, 5.41) is 2.92. The summed E-state index contributed by atoms with van der Waals surface area (Å²) in [6.45, 7) is 7.37. The van der Waals surface area contributed by atoms with Gasteiger partial charge < -0.3 is 15.8 Å². The van der Waals surface area contributed by atoms with Crippen LogP contribution in [0.3, 0.4) is 0 Å². The van der Waals surface area contributed by atoms with Crippen LogP contribution in [0, 0.1) is 11.8 Å². The van der Waals surface area contributed by atoms with Crippen LogP contribution in [0.2, 0.25) is 0 Å². The van der Waals surface area contributed by atoms with Crippen molar-refractivity contribution in [2.24, 2.45) is 17.6 Å². The van der Waals surface area contributed by atoms with Crippen molar-refractivity contribution in [2.75, 3.05) is 26.2 Å². The number of nitrogens with zero attached hydrogens (tertiary/aromatic N) is 1. The fraction of sp³-hybridized carbons (Fsp3) is 0.556. The molecule has 6 nitrogen and oxygen atoms in total. The highest BCUT2D eigenvalue weighted by Crippen LogP contribution is 2.22. The van der Waals surface area contributed by atoms with E-state index in [9.17, 15) is 9.59 Å². The minimum atomic E-state index is -0.280. The fourth-order valence-corrected chi connectivity index (χ4v) is 3.00. The summed E-state index contributed by atoms with van der Waals surface area (Å²) in [4.78, 5) is 25.4. The number of likely N-dealkylation sites (tertiary alicyclic amines) is 1. The molecule has 2 amide bonds. The molecule has 1 aliphatic heterocycles. The zero-order valence-electron chi connectivity index (χ0n) is 14.5. The third-order valence-corrected chi connectivity index (χ3v) is 4.41. The Hall–Kier alpha value is -1.92. The second kappa shape index (κ2) is 8.80. The second-order valence-corrected chi connectivity index (χ2v) is 6.41. The molecule has 1 saturated heterocycles. The van der Waals surface area contributed by atoms with Gasteiger partial charge in [-0.2, -0.15) is 0 Å². The van der Waals surface area contributed by atoms with Gasteiger partial charge >= 0.3 is 0 Å². The lowest BCUT2D eigenvalue weighted by Gasteiger charge is -2.15.